The molecule has 0 radical (unpaired) electrons. The molecule has 3 rings (SSSR count). The van der Waals surface area contributed by atoms with Crippen molar-refractivity contribution in [2.24, 2.45) is 5.10 Å². The lowest BCUT2D eigenvalue weighted by Crippen LogP contribution is -2.24. The maximum atomic E-state index is 13.1. The number of hydrazone groups is 1. The summed E-state index contributed by atoms with van der Waals surface area (Å²) in [5.74, 6) is -0.328. The van der Waals surface area contributed by atoms with Gasteiger partial charge in [-0.3, -0.25) is 4.79 Å². The molecule has 0 bridgehead atoms. The van der Waals surface area contributed by atoms with E-state index in [1.807, 2.05) is 32.0 Å². The zero-order valence-electron chi connectivity index (χ0n) is 19.1. The van der Waals surface area contributed by atoms with Crippen LogP contribution in [0.2, 0.25) is 0 Å². The van der Waals surface area contributed by atoms with Crippen molar-refractivity contribution in [3.8, 4) is 17.2 Å². The van der Waals surface area contributed by atoms with Gasteiger partial charge >= 0.3 is 5.97 Å². The summed E-state index contributed by atoms with van der Waals surface area (Å²) >= 11 is 0. The Balaban J connectivity index is 1.59. The summed E-state index contributed by atoms with van der Waals surface area (Å²) in [6.07, 6.45) is 1.43. The minimum absolute atomic E-state index is 0.177. The van der Waals surface area contributed by atoms with Gasteiger partial charge in [-0.05, 0) is 80.4 Å². The van der Waals surface area contributed by atoms with Crippen LogP contribution in [-0.4, -0.2) is 31.3 Å². The van der Waals surface area contributed by atoms with Crippen molar-refractivity contribution < 1.29 is 28.2 Å². The van der Waals surface area contributed by atoms with Crippen LogP contribution in [0, 0.1) is 19.7 Å². The predicted molar refractivity (Wildman–Crippen MR) is 126 cm³/mol. The summed E-state index contributed by atoms with van der Waals surface area (Å²) in [5.41, 5.74) is 5.28. The average molecular weight is 464 g/mol. The Morgan fingerprint density at radius 2 is 1.68 bits per heavy atom. The Morgan fingerprint density at radius 1 is 0.941 bits per heavy atom. The number of nitrogens with one attached hydrogen (secondary N) is 1. The monoisotopic (exact) mass is 464 g/mol. The molecule has 0 aromatic heterocycles. The third kappa shape index (κ3) is 6.90. The van der Waals surface area contributed by atoms with Crippen LogP contribution in [0.15, 0.2) is 65.8 Å². The Labute approximate surface area is 197 Å². The molecule has 34 heavy (non-hydrogen) atoms. The first-order valence-electron chi connectivity index (χ1n) is 10.6. The third-order valence-electron chi connectivity index (χ3n) is 4.64. The molecule has 8 heteroatoms. The first kappa shape index (κ1) is 24.4. The van der Waals surface area contributed by atoms with Crippen LogP contribution < -0.4 is 19.6 Å². The van der Waals surface area contributed by atoms with Gasteiger partial charge in [0.1, 0.15) is 11.6 Å². The van der Waals surface area contributed by atoms with Crippen LogP contribution in [0.4, 0.5) is 4.39 Å². The maximum absolute atomic E-state index is 13.1. The van der Waals surface area contributed by atoms with E-state index in [0.717, 1.165) is 11.1 Å². The third-order valence-corrected chi connectivity index (χ3v) is 4.64. The quantitative estimate of drug-likeness (QED) is 0.217. The molecular weight excluding hydrogens is 439 g/mol. The molecule has 3 aromatic carbocycles. The fourth-order valence-corrected chi connectivity index (χ4v) is 3.02. The van der Waals surface area contributed by atoms with Gasteiger partial charge in [-0.15, -0.1) is 0 Å². The van der Waals surface area contributed by atoms with Crippen LogP contribution >= 0.6 is 0 Å². The number of aryl methyl sites for hydroxylation is 2. The van der Waals surface area contributed by atoms with Gasteiger partial charge in [0.2, 0.25) is 0 Å². The van der Waals surface area contributed by atoms with Gasteiger partial charge in [-0.2, -0.15) is 5.10 Å². The van der Waals surface area contributed by atoms with Crippen molar-refractivity contribution in [3.63, 3.8) is 0 Å². The molecule has 0 aliphatic rings. The summed E-state index contributed by atoms with van der Waals surface area (Å²) in [4.78, 5) is 24.4. The summed E-state index contributed by atoms with van der Waals surface area (Å²) in [6.45, 7) is 5.85. The number of amides is 1. The summed E-state index contributed by atoms with van der Waals surface area (Å²) in [6, 6.07) is 15.6. The predicted octanol–water partition coefficient (Wildman–Crippen LogP) is 4.59. The van der Waals surface area contributed by atoms with Crippen molar-refractivity contribution in [2.75, 3.05) is 13.2 Å². The summed E-state index contributed by atoms with van der Waals surface area (Å²) in [7, 11) is 0. The van der Waals surface area contributed by atoms with Gasteiger partial charge in [0.25, 0.3) is 5.91 Å². The fourth-order valence-electron chi connectivity index (χ4n) is 3.02. The fraction of sp³-hybridized carbons (Fsp3) is 0.192. The minimum Gasteiger partial charge on any atom is -0.490 e. The highest BCUT2D eigenvalue weighted by atomic mass is 19.1. The van der Waals surface area contributed by atoms with Crippen molar-refractivity contribution in [3.05, 3.63) is 88.7 Å². The zero-order chi connectivity index (χ0) is 24.5. The number of nitrogens with zero attached hydrogens (tertiary/aromatic N) is 1. The van der Waals surface area contributed by atoms with Crippen LogP contribution in [0.25, 0.3) is 0 Å². The van der Waals surface area contributed by atoms with Gasteiger partial charge in [0.15, 0.2) is 18.1 Å². The van der Waals surface area contributed by atoms with Gasteiger partial charge < -0.3 is 14.2 Å². The second-order valence-electron chi connectivity index (χ2n) is 7.39. The van der Waals surface area contributed by atoms with Crippen LogP contribution in [0.5, 0.6) is 17.2 Å². The van der Waals surface area contributed by atoms with E-state index in [9.17, 15) is 14.0 Å². The normalized spacial score (nSPS) is 10.7. The molecule has 0 atom stereocenters. The summed E-state index contributed by atoms with van der Waals surface area (Å²) in [5, 5.41) is 3.93. The molecule has 1 amide bonds. The number of carbonyl (C=O) groups is 2. The second kappa shape index (κ2) is 11.6. The number of rotatable bonds is 9. The zero-order valence-corrected chi connectivity index (χ0v) is 19.1. The van der Waals surface area contributed by atoms with Gasteiger partial charge in [-0.25, -0.2) is 14.6 Å². The minimum atomic E-state index is -0.640. The van der Waals surface area contributed by atoms with Crippen LogP contribution in [0.3, 0.4) is 0 Å². The lowest BCUT2D eigenvalue weighted by Gasteiger charge is -2.11. The number of benzene rings is 3. The molecule has 3 aromatic rings. The van der Waals surface area contributed by atoms with E-state index in [1.54, 1.807) is 25.1 Å². The summed E-state index contributed by atoms with van der Waals surface area (Å²) < 4.78 is 29.6. The molecule has 0 saturated heterocycles. The van der Waals surface area contributed by atoms with Crippen molar-refractivity contribution in [1.29, 1.82) is 0 Å². The average Bonchev–Trinajstić information content (AvgIpc) is 2.80. The first-order valence-corrected chi connectivity index (χ1v) is 10.6. The SMILES string of the molecule is CCOc1cc(/C=N/NC(=O)COc2ccc(C)cc2C)ccc1OC(=O)c1ccc(F)cc1. The van der Waals surface area contributed by atoms with E-state index in [2.05, 4.69) is 10.5 Å². The molecule has 7 nitrogen and oxygen atoms in total. The van der Waals surface area contributed by atoms with E-state index < -0.39 is 17.7 Å². The molecule has 0 aliphatic carbocycles. The molecule has 176 valence electrons. The molecular formula is C26H25FN2O5. The van der Waals surface area contributed by atoms with E-state index >= 15 is 0 Å². The lowest BCUT2D eigenvalue weighted by molar-refractivity contribution is -0.123. The molecule has 0 spiro atoms. The largest absolute Gasteiger partial charge is 0.490 e. The van der Waals surface area contributed by atoms with Gasteiger partial charge in [0.05, 0.1) is 18.4 Å². The molecule has 0 unspecified atom stereocenters. The van der Waals surface area contributed by atoms with E-state index in [0.29, 0.717) is 23.7 Å². The molecule has 0 heterocycles. The van der Waals surface area contributed by atoms with Crippen LogP contribution in [-0.2, 0) is 4.79 Å². The number of halogens is 1. The maximum Gasteiger partial charge on any atom is 0.343 e. The number of esters is 1. The van der Waals surface area contributed by atoms with Gasteiger partial charge in [-0.1, -0.05) is 17.7 Å². The Bertz CT molecular complexity index is 1190. The van der Waals surface area contributed by atoms with Gasteiger partial charge in [0, 0.05) is 0 Å². The van der Waals surface area contributed by atoms with E-state index in [-0.39, 0.29) is 17.9 Å². The first-order chi connectivity index (χ1) is 16.4. The number of carbonyl (C=O) groups excluding carboxylic acids is 2. The highest BCUT2D eigenvalue weighted by Gasteiger charge is 2.13. The topological polar surface area (TPSA) is 86.2 Å². The van der Waals surface area contributed by atoms with Crippen molar-refractivity contribution in [1.82, 2.24) is 5.43 Å². The molecule has 1 N–H and O–H groups in total. The van der Waals surface area contributed by atoms with Crippen LogP contribution in [0.1, 0.15) is 34.0 Å². The Hall–Kier alpha value is -4.20. The highest BCUT2D eigenvalue weighted by Crippen LogP contribution is 2.29. The number of ether oxygens (including phenoxy) is 3. The molecule has 0 fully saturated rings. The van der Waals surface area contributed by atoms with Crippen molar-refractivity contribution in [2.45, 2.75) is 20.8 Å². The smallest absolute Gasteiger partial charge is 0.343 e. The number of hydrogen-bond donors (Lipinski definition) is 1. The van der Waals surface area contributed by atoms with E-state index in [1.165, 1.54) is 30.5 Å². The molecule has 0 saturated carbocycles. The second-order valence-corrected chi connectivity index (χ2v) is 7.39. The lowest BCUT2D eigenvalue weighted by atomic mass is 10.1. The van der Waals surface area contributed by atoms with E-state index in [4.69, 9.17) is 14.2 Å². The van der Waals surface area contributed by atoms with Crippen molar-refractivity contribution >= 4 is 18.1 Å². The Morgan fingerprint density at radius 3 is 2.38 bits per heavy atom. The Kier molecular flexibility index (Phi) is 8.34. The standard InChI is InChI=1S/C26H25FN2O5/c1-4-32-24-14-19(6-12-23(24)34-26(31)20-7-9-21(27)10-8-20)15-28-29-25(30)16-33-22-11-5-17(2)13-18(22)3/h5-15H,4,16H2,1-3H3,(H,29,30)/b28-15+. The number of hydrogen-bond acceptors (Lipinski definition) is 6. The highest BCUT2D eigenvalue weighted by molar-refractivity contribution is 5.91. The molecule has 0 aliphatic heterocycles.